The number of rotatable bonds is 6. The molecule has 0 aliphatic carbocycles. The SMILES string of the molecule is Cc1ccccc1NC(=O)CCCN1C(=O)C(=Cc2ccc3c(c2)OCO3)SC1=S. The zero-order chi connectivity index (χ0) is 21.1. The fraction of sp³-hybridized carbons (Fsp3) is 0.227. The van der Waals surface area contributed by atoms with Crippen LogP contribution < -0.4 is 14.8 Å². The van der Waals surface area contributed by atoms with E-state index < -0.39 is 0 Å². The molecule has 0 bridgehead atoms. The minimum Gasteiger partial charge on any atom is -0.454 e. The van der Waals surface area contributed by atoms with Crippen LogP contribution in [0.4, 0.5) is 5.69 Å². The fourth-order valence-electron chi connectivity index (χ4n) is 3.17. The number of nitrogens with one attached hydrogen (secondary N) is 1. The molecule has 154 valence electrons. The van der Waals surface area contributed by atoms with Crippen molar-refractivity contribution in [2.24, 2.45) is 0 Å². The number of amides is 2. The van der Waals surface area contributed by atoms with Crippen molar-refractivity contribution >= 4 is 51.9 Å². The second kappa shape index (κ2) is 8.89. The van der Waals surface area contributed by atoms with Gasteiger partial charge in [0.15, 0.2) is 11.5 Å². The highest BCUT2D eigenvalue weighted by molar-refractivity contribution is 8.26. The summed E-state index contributed by atoms with van der Waals surface area (Å²) in [4.78, 5) is 27.1. The summed E-state index contributed by atoms with van der Waals surface area (Å²) in [6.07, 6.45) is 2.64. The molecule has 30 heavy (non-hydrogen) atoms. The van der Waals surface area contributed by atoms with Gasteiger partial charge in [-0.25, -0.2) is 0 Å². The van der Waals surface area contributed by atoms with Crippen molar-refractivity contribution in [3.05, 3.63) is 58.5 Å². The quantitative estimate of drug-likeness (QED) is 0.532. The number of carbonyl (C=O) groups excluding carboxylic acids is 2. The monoisotopic (exact) mass is 440 g/mol. The topological polar surface area (TPSA) is 67.9 Å². The minimum absolute atomic E-state index is 0.0781. The summed E-state index contributed by atoms with van der Waals surface area (Å²) in [5.74, 6) is 1.15. The van der Waals surface area contributed by atoms with Crippen molar-refractivity contribution in [3.8, 4) is 11.5 Å². The number of ether oxygens (including phenoxy) is 2. The van der Waals surface area contributed by atoms with Gasteiger partial charge in [-0.05, 0) is 48.7 Å². The minimum atomic E-state index is -0.137. The third-order valence-corrected chi connectivity index (χ3v) is 6.15. The Labute approximate surface area is 184 Å². The lowest BCUT2D eigenvalue weighted by Gasteiger charge is -2.14. The zero-order valence-electron chi connectivity index (χ0n) is 16.3. The first kappa shape index (κ1) is 20.4. The summed E-state index contributed by atoms with van der Waals surface area (Å²) in [5.41, 5.74) is 2.66. The summed E-state index contributed by atoms with van der Waals surface area (Å²) in [7, 11) is 0. The lowest BCUT2D eigenvalue weighted by Crippen LogP contribution is -2.29. The first-order valence-electron chi connectivity index (χ1n) is 9.52. The lowest BCUT2D eigenvalue weighted by molar-refractivity contribution is -0.122. The van der Waals surface area contributed by atoms with Gasteiger partial charge in [0.05, 0.1) is 4.91 Å². The third-order valence-electron chi connectivity index (χ3n) is 4.77. The highest BCUT2D eigenvalue weighted by Crippen LogP contribution is 2.36. The Balaban J connectivity index is 1.33. The number of hydrogen-bond acceptors (Lipinski definition) is 6. The maximum absolute atomic E-state index is 12.8. The predicted molar refractivity (Wildman–Crippen MR) is 121 cm³/mol. The van der Waals surface area contributed by atoms with Crippen molar-refractivity contribution in [1.82, 2.24) is 4.90 Å². The van der Waals surface area contributed by atoms with Crippen LogP contribution in [0, 0.1) is 6.92 Å². The van der Waals surface area contributed by atoms with E-state index in [-0.39, 0.29) is 18.6 Å². The van der Waals surface area contributed by atoms with Crippen molar-refractivity contribution < 1.29 is 19.1 Å². The molecule has 6 nitrogen and oxygen atoms in total. The van der Waals surface area contributed by atoms with Crippen LogP contribution in [0.15, 0.2) is 47.4 Å². The number of para-hydroxylation sites is 1. The molecular formula is C22H20N2O4S2. The Kier molecular flexibility index (Phi) is 6.06. The molecule has 0 saturated carbocycles. The van der Waals surface area contributed by atoms with Crippen LogP contribution in [0.1, 0.15) is 24.0 Å². The van der Waals surface area contributed by atoms with E-state index in [0.717, 1.165) is 16.8 Å². The van der Waals surface area contributed by atoms with E-state index in [1.165, 1.54) is 11.8 Å². The Morgan fingerprint density at radius 1 is 1.23 bits per heavy atom. The molecule has 0 spiro atoms. The van der Waals surface area contributed by atoms with E-state index >= 15 is 0 Å². The van der Waals surface area contributed by atoms with Crippen LogP contribution in [0.2, 0.25) is 0 Å². The molecule has 0 aromatic heterocycles. The van der Waals surface area contributed by atoms with Crippen molar-refractivity contribution in [3.63, 3.8) is 0 Å². The summed E-state index contributed by atoms with van der Waals surface area (Å²) in [5, 5.41) is 2.91. The van der Waals surface area contributed by atoms with Crippen LogP contribution in [-0.2, 0) is 9.59 Å². The maximum atomic E-state index is 12.8. The molecule has 0 radical (unpaired) electrons. The summed E-state index contributed by atoms with van der Waals surface area (Å²) >= 11 is 6.64. The zero-order valence-corrected chi connectivity index (χ0v) is 18.0. The fourth-order valence-corrected chi connectivity index (χ4v) is 4.48. The number of carbonyl (C=O) groups is 2. The number of fused-ring (bicyclic) bond motifs is 1. The Hall–Kier alpha value is -2.84. The van der Waals surface area contributed by atoms with Crippen LogP contribution in [0.25, 0.3) is 6.08 Å². The van der Waals surface area contributed by atoms with Gasteiger partial charge in [0.2, 0.25) is 12.7 Å². The van der Waals surface area contributed by atoms with Gasteiger partial charge in [-0.3, -0.25) is 14.5 Å². The van der Waals surface area contributed by atoms with Gasteiger partial charge in [0, 0.05) is 18.7 Å². The average Bonchev–Trinajstić information content (AvgIpc) is 3.29. The number of thioether (sulfide) groups is 1. The highest BCUT2D eigenvalue weighted by Gasteiger charge is 2.31. The number of aryl methyl sites for hydroxylation is 1. The van der Waals surface area contributed by atoms with Gasteiger partial charge in [0.25, 0.3) is 5.91 Å². The Bertz CT molecular complexity index is 1050. The van der Waals surface area contributed by atoms with E-state index in [0.29, 0.717) is 40.1 Å². The summed E-state index contributed by atoms with van der Waals surface area (Å²) < 4.78 is 11.2. The molecule has 2 amide bonds. The number of anilines is 1. The highest BCUT2D eigenvalue weighted by atomic mass is 32.2. The van der Waals surface area contributed by atoms with E-state index in [9.17, 15) is 9.59 Å². The number of thiocarbonyl (C=S) groups is 1. The molecule has 0 unspecified atom stereocenters. The second-order valence-electron chi connectivity index (χ2n) is 6.91. The molecule has 1 saturated heterocycles. The van der Waals surface area contributed by atoms with Gasteiger partial charge in [0.1, 0.15) is 4.32 Å². The van der Waals surface area contributed by atoms with Crippen molar-refractivity contribution in [1.29, 1.82) is 0 Å². The van der Waals surface area contributed by atoms with Gasteiger partial charge >= 0.3 is 0 Å². The normalized spacial score (nSPS) is 16.4. The largest absolute Gasteiger partial charge is 0.454 e. The molecule has 2 heterocycles. The molecule has 2 aromatic rings. The molecule has 0 atom stereocenters. The molecule has 1 fully saturated rings. The number of benzene rings is 2. The molecule has 4 rings (SSSR count). The Morgan fingerprint density at radius 3 is 2.87 bits per heavy atom. The first-order valence-corrected chi connectivity index (χ1v) is 10.7. The molecule has 1 N–H and O–H groups in total. The van der Waals surface area contributed by atoms with Crippen LogP contribution >= 0.6 is 24.0 Å². The molecular weight excluding hydrogens is 420 g/mol. The maximum Gasteiger partial charge on any atom is 0.266 e. The third kappa shape index (κ3) is 4.49. The summed E-state index contributed by atoms with van der Waals surface area (Å²) in [6, 6.07) is 13.2. The predicted octanol–water partition coefficient (Wildman–Crippen LogP) is 4.34. The smallest absolute Gasteiger partial charge is 0.266 e. The van der Waals surface area contributed by atoms with Gasteiger partial charge in [-0.15, -0.1) is 0 Å². The van der Waals surface area contributed by atoms with Gasteiger partial charge in [-0.1, -0.05) is 48.2 Å². The van der Waals surface area contributed by atoms with Crippen molar-refractivity contribution in [2.75, 3.05) is 18.7 Å². The average molecular weight is 441 g/mol. The van der Waals surface area contributed by atoms with Crippen LogP contribution in [-0.4, -0.2) is 34.4 Å². The van der Waals surface area contributed by atoms with E-state index in [2.05, 4.69) is 5.32 Å². The second-order valence-corrected chi connectivity index (χ2v) is 8.59. The molecule has 2 aliphatic rings. The summed E-state index contributed by atoms with van der Waals surface area (Å²) in [6.45, 7) is 2.56. The number of nitrogens with zero attached hydrogens (tertiary/aromatic N) is 1. The number of hydrogen-bond donors (Lipinski definition) is 1. The lowest BCUT2D eigenvalue weighted by atomic mass is 10.2. The van der Waals surface area contributed by atoms with Crippen LogP contribution in [0.5, 0.6) is 11.5 Å². The van der Waals surface area contributed by atoms with E-state index in [1.807, 2.05) is 49.4 Å². The standard InChI is InChI=1S/C22H20N2O4S2/c1-14-5-2-3-6-16(14)23-20(25)7-4-10-24-21(26)19(30-22(24)29)12-15-8-9-17-18(11-15)28-13-27-17/h2-3,5-6,8-9,11-12H,4,7,10,13H2,1H3,(H,23,25). The van der Waals surface area contributed by atoms with Gasteiger partial charge < -0.3 is 14.8 Å². The molecule has 2 aromatic carbocycles. The van der Waals surface area contributed by atoms with Crippen molar-refractivity contribution in [2.45, 2.75) is 19.8 Å². The Morgan fingerprint density at radius 2 is 2.03 bits per heavy atom. The van der Waals surface area contributed by atoms with E-state index in [4.69, 9.17) is 21.7 Å². The van der Waals surface area contributed by atoms with Gasteiger partial charge in [-0.2, -0.15) is 0 Å². The molecule has 2 aliphatic heterocycles. The first-order chi connectivity index (χ1) is 14.5. The molecule has 8 heteroatoms. The van der Waals surface area contributed by atoms with Crippen LogP contribution in [0.3, 0.4) is 0 Å². The van der Waals surface area contributed by atoms with E-state index in [1.54, 1.807) is 11.0 Å².